The van der Waals surface area contributed by atoms with Gasteiger partial charge in [0.15, 0.2) is 0 Å². The average Bonchev–Trinajstić information content (AvgIpc) is 2.81. The van der Waals surface area contributed by atoms with E-state index in [-0.39, 0.29) is 11.2 Å². The molecule has 0 heterocycles. The second-order valence-electron chi connectivity index (χ2n) is 7.71. The molecule has 24 heavy (non-hydrogen) atoms. The molecule has 1 aromatic rings. The normalized spacial score (nSPS) is 35.1. The largest absolute Gasteiger partial charge is 0.446 e. The molecule has 0 amide bonds. The van der Waals surface area contributed by atoms with Crippen molar-refractivity contribution in [3.05, 3.63) is 29.3 Å². The summed E-state index contributed by atoms with van der Waals surface area (Å²) in [6.07, 6.45) is 5.57. The average molecular weight is 350 g/mol. The first-order valence-corrected chi connectivity index (χ1v) is 9.97. The van der Waals surface area contributed by atoms with Crippen molar-refractivity contribution in [2.45, 2.75) is 51.4 Å². The van der Waals surface area contributed by atoms with Gasteiger partial charge in [-0.1, -0.05) is 13.0 Å². The van der Waals surface area contributed by atoms with Crippen molar-refractivity contribution < 1.29 is 21.9 Å². The van der Waals surface area contributed by atoms with Crippen molar-refractivity contribution in [2.24, 2.45) is 17.3 Å². The van der Waals surface area contributed by atoms with E-state index in [1.807, 2.05) is 6.07 Å². The lowest BCUT2D eigenvalue weighted by Crippen LogP contribution is -2.42. The van der Waals surface area contributed by atoms with Crippen molar-refractivity contribution in [2.75, 3.05) is 0 Å². The molecule has 0 radical (unpaired) electrons. The third-order valence-corrected chi connectivity index (χ3v) is 7.01. The summed E-state index contributed by atoms with van der Waals surface area (Å²) in [5.41, 5.74) is 2.23. The third kappa shape index (κ3) is 2.47. The second-order valence-corrected chi connectivity index (χ2v) is 8.73. The first-order valence-electron chi connectivity index (χ1n) is 8.61. The molecule has 0 bridgehead atoms. The predicted octanol–water partition coefficient (Wildman–Crippen LogP) is 3.29. The fourth-order valence-corrected chi connectivity index (χ4v) is 5.85. The highest BCUT2D eigenvalue weighted by Gasteiger charge is 2.54. The third-order valence-electron chi connectivity index (χ3n) is 6.61. The van der Waals surface area contributed by atoms with Crippen LogP contribution in [0.2, 0.25) is 0 Å². The molecule has 3 aliphatic carbocycles. The van der Waals surface area contributed by atoms with Crippen LogP contribution in [-0.2, 0) is 21.6 Å². The van der Waals surface area contributed by atoms with Gasteiger partial charge in [-0.2, -0.15) is 8.42 Å². The molecule has 5 nitrogen and oxygen atoms in total. The molecule has 2 saturated carbocycles. The van der Waals surface area contributed by atoms with Crippen molar-refractivity contribution in [3.63, 3.8) is 0 Å². The van der Waals surface area contributed by atoms with E-state index in [9.17, 15) is 13.2 Å². The van der Waals surface area contributed by atoms with Crippen molar-refractivity contribution in [3.8, 4) is 5.75 Å². The zero-order valence-electron chi connectivity index (χ0n) is 13.7. The Balaban J connectivity index is 1.65. The summed E-state index contributed by atoms with van der Waals surface area (Å²) in [5, 5.41) is 0. The number of carbonyl (C=O) groups is 1. The molecule has 0 spiro atoms. The molecular formula is C18H22O5S. The Hall–Kier alpha value is -1.40. The number of benzene rings is 1. The lowest BCUT2D eigenvalue weighted by molar-refractivity contribution is -0.129. The summed E-state index contributed by atoms with van der Waals surface area (Å²) < 4.78 is 35.2. The van der Waals surface area contributed by atoms with Crippen LogP contribution in [0.25, 0.3) is 0 Å². The monoisotopic (exact) mass is 350 g/mol. The van der Waals surface area contributed by atoms with Crippen LogP contribution in [0.1, 0.15) is 56.1 Å². The van der Waals surface area contributed by atoms with Gasteiger partial charge in [0.1, 0.15) is 11.5 Å². The molecule has 6 heteroatoms. The number of fused-ring (bicyclic) bond motifs is 5. The van der Waals surface area contributed by atoms with Crippen molar-refractivity contribution >= 4 is 16.2 Å². The maximum absolute atomic E-state index is 12.3. The number of hydrogen-bond acceptors (Lipinski definition) is 4. The van der Waals surface area contributed by atoms with Crippen LogP contribution in [0.4, 0.5) is 0 Å². The Morgan fingerprint density at radius 2 is 2.00 bits per heavy atom. The van der Waals surface area contributed by atoms with Crippen LogP contribution < -0.4 is 4.18 Å². The van der Waals surface area contributed by atoms with Gasteiger partial charge in [0.2, 0.25) is 0 Å². The van der Waals surface area contributed by atoms with E-state index in [2.05, 4.69) is 11.1 Å². The summed E-state index contributed by atoms with van der Waals surface area (Å²) in [4.78, 5) is 12.3. The highest BCUT2D eigenvalue weighted by atomic mass is 32.3. The summed E-state index contributed by atoms with van der Waals surface area (Å²) in [5.74, 6) is 2.05. The van der Waals surface area contributed by atoms with E-state index in [1.54, 1.807) is 12.1 Å². The maximum Gasteiger partial charge on any atom is 0.446 e. The highest BCUT2D eigenvalue weighted by molar-refractivity contribution is 7.81. The fraction of sp³-hybridized carbons (Fsp3) is 0.611. The summed E-state index contributed by atoms with van der Waals surface area (Å²) >= 11 is 0. The summed E-state index contributed by atoms with van der Waals surface area (Å²) in [6, 6.07) is 5.28. The molecular weight excluding hydrogens is 328 g/mol. The minimum absolute atomic E-state index is 0.132. The molecule has 1 N–H and O–H groups in total. The summed E-state index contributed by atoms with van der Waals surface area (Å²) in [7, 11) is -4.49. The van der Waals surface area contributed by atoms with E-state index >= 15 is 0 Å². The maximum atomic E-state index is 12.3. The number of rotatable bonds is 2. The SMILES string of the molecule is C[C@]12CC[C@H]3c4ccc(OS(=O)(=O)O)cc4CC[C@@H]3[C@@H]1CCC2=O. The molecule has 0 saturated heterocycles. The topological polar surface area (TPSA) is 80.7 Å². The predicted molar refractivity (Wildman–Crippen MR) is 88.2 cm³/mol. The molecule has 4 atom stereocenters. The quantitative estimate of drug-likeness (QED) is 0.828. The van der Waals surface area contributed by atoms with Gasteiger partial charge < -0.3 is 4.18 Å². The zero-order chi connectivity index (χ0) is 17.1. The Bertz CT molecular complexity index is 800. The first kappa shape index (κ1) is 16.1. The van der Waals surface area contributed by atoms with Crippen LogP contribution in [0.3, 0.4) is 0 Å². The molecule has 4 rings (SSSR count). The molecule has 0 unspecified atom stereocenters. The van der Waals surface area contributed by atoms with Crippen LogP contribution in [0.5, 0.6) is 5.75 Å². The number of hydrogen-bond donors (Lipinski definition) is 1. The lowest BCUT2D eigenvalue weighted by Gasteiger charge is -2.48. The second kappa shape index (κ2) is 5.30. The minimum Gasteiger partial charge on any atom is -0.362 e. The summed E-state index contributed by atoms with van der Waals surface area (Å²) in [6.45, 7) is 2.15. The van der Waals surface area contributed by atoms with Gasteiger partial charge in [0.05, 0.1) is 0 Å². The van der Waals surface area contributed by atoms with Crippen LogP contribution in [0, 0.1) is 17.3 Å². The Kier molecular flexibility index (Phi) is 3.55. The fourth-order valence-electron chi connectivity index (χ4n) is 5.50. The van der Waals surface area contributed by atoms with Gasteiger partial charge in [0.25, 0.3) is 0 Å². The smallest absolute Gasteiger partial charge is 0.362 e. The molecule has 0 aromatic heterocycles. The van der Waals surface area contributed by atoms with Crippen LogP contribution >= 0.6 is 0 Å². The van der Waals surface area contributed by atoms with Gasteiger partial charge >= 0.3 is 10.4 Å². The van der Waals surface area contributed by atoms with Gasteiger partial charge in [-0.05, 0) is 73.1 Å². The Labute approximate surface area is 142 Å². The Morgan fingerprint density at radius 1 is 1.21 bits per heavy atom. The standard InChI is InChI=1S/C18H22O5S/c1-18-9-8-14-13-5-3-12(23-24(20,21)22)10-11(13)2-4-15(14)16(18)6-7-17(18)19/h3,5,10,14-16H,2,4,6-9H2,1H3,(H,20,21,22)/t14-,15-,16-,18-/m0/s1. The van der Waals surface area contributed by atoms with Crippen LogP contribution in [-0.4, -0.2) is 18.8 Å². The Morgan fingerprint density at radius 3 is 2.75 bits per heavy atom. The van der Waals surface area contributed by atoms with Gasteiger partial charge in [0, 0.05) is 11.8 Å². The van der Waals surface area contributed by atoms with E-state index in [1.165, 1.54) is 5.56 Å². The number of aryl methyl sites for hydroxylation is 1. The molecule has 2 fully saturated rings. The zero-order valence-corrected chi connectivity index (χ0v) is 14.5. The van der Waals surface area contributed by atoms with Crippen molar-refractivity contribution in [1.82, 2.24) is 0 Å². The molecule has 130 valence electrons. The van der Waals surface area contributed by atoms with E-state index < -0.39 is 10.4 Å². The van der Waals surface area contributed by atoms with E-state index in [0.29, 0.717) is 23.5 Å². The first-order chi connectivity index (χ1) is 11.3. The van der Waals surface area contributed by atoms with Gasteiger partial charge in [-0.3, -0.25) is 9.35 Å². The van der Waals surface area contributed by atoms with Crippen molar-refractivity contribution in [1.29, 1.82) is 0 Å². The minimum atomic E-state index is -4.49. The van der Waals surface area contributed by atoms with E-state index in [0.717, 1.165) is 44.1 Å². The molecule has 3 aliphatic rings. The highest BCUT2D eigenvalue weighted by Crippen LogP contribution is 2.59. The lowest BCUT2D eigenvalue weighted by atomic mass is 9.55. The number of ketones is 1. The van der Waals surface area contributed by atoms with E-state index in [4.69, 9.17) is 4.55 Å². The number of carbonyl (C=O) groups excluding carboxylic acids is 1. The van der Waals surface area contributed by atoms with Crippen LogP contribution in [0.15, 0.2) is 18.2 Å². The van der Waals surface area contributed by atoms with Gasteiger partial charge in [-0.25, -0.2) is 0 Å². The molecule has 0 aliphatic heterocycles. The number of Topliss-reactive ketones (excluding diaryl/α,β-unsaturated/α-hetero) is 1. The molecule has 1 aromatic carbocycles. The van der Waals surface area contributed by atoms with Gasteiger partial charge in [-0.15, -0.1) is 0 Å².